The molecular weight excluding hydrogens is 322 g/mol. The number of hydrogen-bond acceptors (Lipinski definition) is 3. The summed E-state index contributed by atoms with van der Waals surface area (Å²) in [4.78, 5) is 21.8. The van der Waals surface area contributed by atoms with E-state index in [2.05, 4.69) is 42.8 Å². The summed E-state index contributed by atoms with van der Waals surface area (Å²) in [5.74, 6) is 0.785. The zero-order valence-corrected chi connectivity index (χ0v) is 16.1. The summed E-state index contributed by atoms with van der Waals surface area (Å²) < 4.78 is 0. The number of pyridine rings is 1. The SMILES string of the molecule is CC1CCN(c2ccnc(C(=O)N(Cc3ccccc3)C(C)C)c2)CC1. The number of rotatable bonds is 5. The molecule has 0 aliphatic carbocycles. The summed E-state index contributed by atoms with van der Waals surface area (Å²) in [6.07, 6.45) is 4.18. The van der Waals surface area contributed by atoms with Crippen LogP contribution >= 0.6 is 0 Å². The molecular formula is C22H29N3O. The van der Waals surface area contributed by atoms with Crippen molar-refractivity contribution in [2.45, 2.75) is 46.2 Å². The number of piperidine rings is 1. The van der Waals surface area contributed by atoms with Crippen molar-refractivity contribution in [3.8, 4) is 0 Å². The maximum absolute atomic E-state index is 13.1. The minimum atomic E-state index is -0.00363. The number of aromatic nitrogens is 1. The molecule has 1 aliphatic rings. The highest BCUT2D eigenvalue weighted by atomic mass is 16.2. The second-order valence-electron chi connectivity index (χ2n) is 7.58. The van der Waals surface area contributed by atoms with Crippen LogP contribution in [0.4, 0.5) is 5.69 Å². The largest absolute Gasteiger partial charge is 0.371 e. The molecule has 0 spiro atoms. The molecule has 4 heteroatoms. The van der Waals surface area contributed by atoms with Gasteiger partial charge in [-0.1, -0.05) is 37.3 Å². The Labute approximate surface area is 156 Å². The van der Waals surface area contributed by atoms with E-state index in [9.17, 15) is 4.79 Å². The average molecular weight is 351 g/mol. The molecule has 1 amide bonds. The maximum Gasteiger partial charge on any atom is 0.273 e. The van der Waals surface area contributed by atoms with E-state index in [0.717, 1.165) is 30.3 Å². The second kappa shape index (κ2) is 8.35. The van der Waals surface area contributed by atoms with Crippen molar-refractivity contribution in [2.24, 2.45) is 5.92 Å². The predicted molar refractivity (Wildman–Crippen MR) is 106 cm³/mol. The molecule has 0 radical (unpaired) electrons. The van der Waals surface area contributed by atoms with Gasteiger partial charge < -0.3 is 9.80 Å². The van der Waals surface area contributed by atoms with Crippen LogP contribution in [0.15, 0.2) is 48.7 Å². The van der Waals surface area contributed by atoms with Crippen LogP contribution in [-0.4, -0.2) is 34.9 Å². The standard InChI is InChI=1S/C22H29N3O/c1-17(2)25(16-19-7-5-4-6-8-19)22(26)21-15-20(9-12-23-21)24-13-10-18(3)11-14-24/h4-9,12,15,17-18H,10-11,13-14,16H2,1-3H3. The van der Waals surface area contributed by atoms with Gasteiger partial charge in [0.2, 0.25) is 0 Å². The molecule has 1 aromatic heterocycles. The Morgan fingerprint density at radius 3 is 2.54 bits per heavy atom. The van der Waals surface area contributed by atoms with Gasteiger partial charge in [-0.05, 0) is 50.3 Å². The molecule has 1 saturated heterocycles. The fourth-order valence-electron chi connectivity index (χ4n) is 3.42. The lowest BCUT2D eigenvalue weighted by atomic mass is 9.99. The molecule has 0 atom stereocenters. The van der Waals surface area contributed by atoms with Gasteiger partial charge in [-0.3, -0.25) is 9.78 Å². The monoisotopic (exact) mass is 351 g/mol. The Kier molecular flexibility index (Phi) is 5.92. The number of anilines is 1. The molecule has 4 nitrogen and oxygen atoms in total. The second-order valence-corrected chi connectivity index (χ2v) is 7.58. The Morgan fingerprint density at radius 2 is 1.88 bits per heavy atom. The Morgan fingerprint density at radius 1 is 1.19 bits per heavy atom. The van der Waals surface area contributed by atoms with Gasteiger partial charge in [-0.2, -0.15) is 0 Å². The number of carbonyl (C=O) groups excluding carboxylic acids is 1. The quantitative estimate of drug-likeness (QED) is 0.803. The number of amides is 1. The van der Waals surface area contributed by atoms with Crippen LogP contribution in [0.5, 0.6) is 0 Å². The van der Waals surface area contributed by atoms with Gasteiger partial charge in [0.15, 0.2) is 0 Å². The normalized spacial score (nSPS) is 15.3. The highest BCUT2D eigenvalue weighted by Gasteiger charge is 2.22. The van der Waals surface area contributed by atoms with E-state index >= 15 is 0 Å². The number of carbonyl (C=O) groups is 1. The van der Waals surface area contributed by atoms with Crippen molar-refractivity contribution in [1.29, 1.82) is 0 Å². The van der Waals surface area contributed by atoms with Crippen LogP contribution in [-0.2, 0) is 6.54 Å². The maximum atomic E-state index is 13.1. The van der Waals surface area contributed by atoms with Gasteiger partial charge in [0.1, 0.15) is 5.69 Å². The Balaban J connectivity index is 1.78. The van der Waals surface area contributed by atoms with Crippen molar-refractivity contribution in [1.82, 2.24) is 9.88 Å². The third kappa shape index (κ3) is 4.43. The summed E-state index contributed by atoms with van der Waals surface area (Å²) in [6, 6.07) is 14.2. The van der Waals surface area contributed by atoms with Crippen LogP contribution in [0, 0.1) is 5.92 Å². The van der Waals surface area contributed by atoms with Crippen LogP contribution in [0.2, 0.25) is 0 Å². The van der Waals surface area contributed by atoms with E-state index in [-0.39, 0.29) is 11.9 Å². The van der Waals surface area contributed by atoms with Crippen molar-refractivity contribution in [2.75, 3.05) is 18.0 Å². The molecule has 0 saturated carbocycles. The molecule has 3 rings (SSSR count). The van der Waals surface area contributed by atoms with E-state index in [1.165, 1.54) is 12.8 Å². The van der Waals surface area contributed by atoms with Crippen molar-refractivity contribution in [3.05, 3.63) is 59.9 Å². The summed E-state index contributed by atoms with van der Waals surface area (Å²) in [6.45, 7) is 9.12. The lowest BCUT2D eigenvalue weighted by molar-refractivity contribution is 0.0684. The fourth-order valence-corrected chi connectivity index (χ4v) is 3.42. The summed E-state index contributed by atoms with van der Waals surface area (Å²) in [5, 5.41) is 0. The van der Waals surface area contributed by atoms with Gasteiger partial charge in [-0.15, -0.1) is 0 Å². The zero-order valence-electron chi connectivity index (χ0n) is 16.1. The minimum absolute atomic E-state index is 0.00363. The van der Waals surface area contributed by atoms with Gasteiger partial charge in [0.05, 0.1) is 0 Å². The summed E-state index contributed by atoms with van der Waals surface area (Å²) in [5.41, 5.74) is 2.78. The highest BCUT2D eigenvalue weighted by Crippen LogP contribution is 2.23. The van der Waals surface area contributed by atoms with Gasteiger partial charge in [0.25, 0.3) is 5.91 Å². The van der Waals surface area contributed by atoms with E-state index < -0.39 is 0 Å². The van der Waals surface area contributed by atoms with Crippen molar-refractivity contribution >= 4 is 11.6 Å². The molecule has 138 valence electrons. The first kappa shape index (κ1) is 18.4. The average Bonchev–Trinajstić information content (AvgIpc) is 2.67. The predicted octanol–water partition coefficient (Wildman–Crippen LogP) is 4.37. The van der Waals surface area contributed by atoms with E-state index in [1.807, 2.05) is 35.2 Å². The molecule has 0 N–H and O–H groups in total. The van der Waals surface area contributed by atoms with Gasteiger partial charge in [0, 0.05) is 37.6 Å². The zero-order chi connectivity index (χ0) is 18.5. The lowest BCUT2D eigenvalue weighted by Gasteiger charge is -2.32. The fraction of sp³-hybridized carbons (Fsp3) is 0.455. The lowest BCUT2D eigenvalue weighted by Crippen LogP contribution is -2.37. The molecule has 2 heterocycles. The van der Waals surface area contributed by atoms with E-state index in [0.29, 0.717) is 12.2 Å². The van der Waals surface area contributed by atoms with E-state index in [4.69, 9.17) is 0 Å². The van der Waals surface area contributed by atoms with Gasteiger partial charge >= 0.3 is 0 Å². The van der Waals surface area contributed by atoms with Crippen molar-refractivity contribution < 1.29 is 4.79 Å². The molecule has 0 unspecified atom stereocenters. The number of nitrogens with zero attached hydrogens (tertiary/aromatic N) is 3. The Bertz CT molecular complexity index is 721. The van der Waals surface area contributed by atoms with Crippen LogP contribution in [0.3, 0.4) is 0 Å². The molecule has 0 bridgehead atoms. The molecule has 1 fully saturated rings. The van der Waals surface area contributed by atoms with E-state index in [1.54, 1.807) is 6.20 Å². The van der Waals surface area contributed by atoms with Crippen LogP contribution in [0.1, 0.15) is 49.7 Å². The van der Waals surface area contributed by atoms with Crippen molar-refractivity contribution in [3.63, 3.8) is 0 Å². The van der Waals surface area contributed by atoms with Crippen LogP contribution in [0.25, 0.3) is 0 Å². The molecule has 1 aromatic carbocycles. The Hall–Kier alpha value is -2.36. The first-order valence-corrected chi connectivity index (χ1v) is 9.60. The summed E-state index contributed by atoms with van der Waals surface area (Å²) in [7, 11) is 0. The smallest absolute Gasteiger partial charge is 0.273 e. The third-order valence-corrected chi connectivity index (χ3v) is 5.19. The van der Waals surface area contributed by atoms with Crippen LogP contribution < -0.4 is 4.90 Å². The van der Waals surface area contributed by atoms with Gasteiger partial charge in [-0.25, -0.2) is 0 Å². The minimum Gasteiger partial charge on any atom is -0.371 e. The summed E-state index contributed by atoms with van der Waals surface area (Å²) >= 11 is 0. The molecule has 1 aliphatic heterocycles. The molecule has 26 heavy (non-hydrogen) atoms. The topological polar surface area (TPSA) is 36.4 Å². The number of hydrogen-bond donors (Lipinski definition) is 0. The highest BCUT2D eigenvalue weighted by molar-refractivity contribution is 5.93. The number of benzene rings is 1. The third-order valence-electron chi connectivity index (χ3n) is 5.19. The first-order valence-electron chi connectivity index (χ1n) is 9.60. The first-order chi connectivity index (χ1) is 12.5. The molecule has 2 aromatic rings.